The van der Waals surface area contributed by atoms with Crippen molar-refractivity contribution in [2.75, 3.05) is 0 Å². The van der Waals surface area contributed by atoms with Gasteiger partial charge in [-0.15, -0.1) is 11.3 Å². The average Bonchev–Trinajstić information content (AvgIpc) is 2.57. The van der Waals surface area contributed by atoms with Gasteiger partial charge < -0.3 is 5.11 Å². The first-order valence-electron chi connectivity index (χ1n) is 5.26. The fraction of sp³-hybridized carbons (Fsp3) is 0.308. The van der Waals surface area contributed by atoms with Crippen LogP contribution < -0.4 is 0 Å². The summed E-state index contributed by atoms with van der Waals surface area (Å²) in [5, 5.41) is 11.3. The lowest BCUT2D eigenvalue weighted by atomic mass is 10.0. The Morgan fingerprint density at radius 3 is 2.56 bits per heavy atom. The zero-order valence-electron chi connectivity index (χ0n) is 9.69. The molecule has 1 aromatic heterocycles. The third-order valence-corrected chi connectivity index (χ3v) is 3.67. The van der Waals surface area contributed by atoms with E-state index >= 15 is 0 Å². The second-order valence-electron chi connectivity index (χ2n) is 4.00. The maximum absolute atomic E-state index is 10.3. The Labute approximate surface area is 99.6 Å². The van der Waals surface area contributed by atoms with E-state index in [1.54, 1.807) is 11.3 Å². The van der Waals surface area contributed by atoms with Crippen molar-refractivity contribution in [1.82, 2.24) is 4.98 Å². The molecule has 0 aliphatic heterocycles. The number of hydrogen-bond acceptors (Lipinski definition) is 3. The quantitative estimate of drug-likeness (QED) is 0.864. The van der Waals surface area contributed by atoms with Crippen LogP contribution in [-0.2, 0) is 0 Å². The fourth-order valence-corrected chi connectivity index (χ4v) is 2.73. The largest absolute Gasteiger partial charge is 0.383 e. The number of thiazole rings is 1. The van der Waals surface area contributed by atoms with Crippen LogP contribution in [0, 0.1) is 20.8 Å². The Kier molecular flexibility index (Phi) is 3.08. The van der Waals surface area contributed by atoms with Crippen molar-refractivity contribution in [3.05, 3.63) is 51.0 Å². The van der Waals surface area contributed by atoms with Gasteiger partial charge in [-0.05, 0) is 26.3 Å². The van der Waals surface area contributed by atoms with Crippen LogP contribution >= 0.6 is 11.3 Å². The fourth-order valence-electron chi connectivity index (χ4n) is 1.79. The van der Waals surface area contributed by atoms with E-state index in [4.69, 9.17) is 0 Å². The van der Waals surface area contributed by atoms with Gasteiger partial charge in [-0.2, -0.15) is 0 Å². The van der Waals surface area contributed by atoms with Crippen molar-refractivity contribution in [3.8, 4) is 0 Å². The molecule has 0 aliphatic rings. The molecule has 2 nitrogen and oxygen atoms in total. The van der Waals surface area contributed by atoms with Crippen molar-refractivity contribution in [3.63, 3.8) is 0 Å². The van der Waals surface area contributed by atoms with Gasteiger partial charge in [0.25, 0.3) is 0 Å². The molecule has 16 heavy (non-hydrogen) atoms. The van der Waals surface area contributed by atoms with Crippen LogP contribution in [0.25, 0.3) is 0 Å². The summed E-state index contributed by atoms with van der Waals surface area (Å²) in [6.07, 6.45) is -0.550. The molecule has 0 aliphatic carbocycles. The highest BCUT2D eigenvalue weighted by Crippen LogP contribution is 2.29. The van der Waals surface area contributed by atoms with Crippen LogP contribution in [-0.4, -0.2) is 10.1 Å². The molecule has 1 N–H and O–H groups in total. The SMILES string of the molecule is Cc1cccc(C(O)c2sc(C)nc2C)c1. The van der Waals surface area contributed by atoms with E-state index in [9.17, 15) is 5.11 Å². The van der Waals surface area contributed by atoms with Crippen molar-refractivity contribution in [2.45, 2.75) is 26.9 Å². The number of hydrogen-bond donors (Lipinski definition) is 1. The lowest BCUT2D eigenvalue weighted by molar-refractivity contribution is 0.223. The van der Waals surface area contributed by atoms with Gasteiger partial charge in [0, 0.05) is 0 Å². The van der Waals surface area contributed by atoms with Crippen LogP contribution in [0.1, 0.15) is 32.8 Å². The maximum atomic E-state index is 10.3. The van der Waals surface area contributed by atoms with E-state index in [-0.39, 0.29) is 0 Å². The van der Waals surface area contributed by atoms with E-state index in [2.05, 4.69) is 4.98 Å². The van der Waals surface area contributed by atoms with Crippen molar-refractivity contribution in [1.29, 1.82) is 0 Å². The van der Waals surface area contributed by atoms with Crippen LogP contribution in [0.15, 0.2) is 24.3 Å². The normalized spacial score (nSPS) is 12.8. The van der Waals surface area contributed by atoms with Crippen molar-refractivity contribution < 1.29 is 5.11 Å². The summed E-state index contributed by atoms with van der Waals surface area (Å²) in [5.41, 5.74) is 3.03. The highest BCUT2D eigenvalue weighted by Gasteiger charge is 2.16. The van der Waals surface area contributed by atoms with Gasteiger partial charge in [0.2, 0.25) is 0 Å². The lowest BCUT2D eigenvalue weighted by Crippen LogP contribution is -1.99. The van der Waals surface area contributed by atoms with Gasteiger partial charge in [0.05, 0.1) is 15.6 Å². The first kappa shape index (κ1) is 11.3. The van der Waals surface area contributed by atoms with E-state index < -0.39 is 6.10 Å². The predicted molar refractivity (Wildman–Crippen MR) is 66.8 cm³/mol. The van der Waals surface area contributed by atoms with Gasteiger partial charge in [-0.25, -0.2) is 4.98 Å². The van der Waals surface area contributed by atoms with Gasteiger partial charge in [0.15, 0.2) is 0 Å². The summed E-state index contributed by atoms with van der Waals surface area (Å²) in [5.74, 6) is 0. The standard InChI is InChI=1S/C13H15NOS/c1-8-5-4-6-11(7-8)12(15)13-9(2)14-10(3)16-13/h4-7,12,15H,1-3H3. The molecule has 0 saturated carbocycles. The van der Waals surface area contributed by atoms with Crippen LogP contribution in [0.4, 0.5) is 0 Å². The summed E-state index contributed by atoms with van der Waals surface area (Å²) < 4.78 is 0. The number of benzene rings is 1. The summed E-state index contributed by atoms with van der Waals surface area (Å²) in [4.78, 5) is 5.29. The second kappa shape index (κ2) is 4.36. The highest BCUT2D eigenvalue weighted by atomic mass is 32.1. The molecule has 1 atom stereocenters. The number of aromatic nitrogens is 1. The number of rotatable bonds is 2. The van der Waals surface area contributed by atoms with E-state index in [0.29, 0.717) is 0 Å². The minimum atomic E-state index is -0.550. The Hall–Kier alpha value is -1.19. The van der Waals surface area contributed by atoms with Crippen molar-refractivity contribution >= 4 is 11.3 Å². The lowest BCUT2D eigenvalue weighted by Gasteiger charge is -2.10. The highest BCUT2D eigenvalue weighted by molar-refractivity contribution is 7.11. The summed E-state index contributed by atoms with van der Waals surface area (Å²) in [7, 11) is 0. The molecule has 0 amide bonds. The monoisotopic (exact) mass is 233 g/mol. The van der Waals surface area contributed by atoms with Gasteiger partial charge in [-0.1, -0.05) is 29.8 Å². The molecule has 84 valence electrons. The first-order valence-corrected chi connectivity index (χ1v) is 6.08. The number of aliphatic hydroxyl groups is 1. The second-order valence-corrected chi connectivity index (χ2v) is 5.23. The Bertz CT molecular complexity index is 504. The molecule has 2 aromatic rings. The molecule has 1 unspecified atom stereocenters. The molecule has 0 spiro atoms. The predicted octanol–water partition coefficient (Wildman–Crippen LogP) is 3.15. The molecule has 1 heterocycles. The van der Waals surface area contributed by atoms with Crippen LogP contribution in [0.3, 0.4) is 0 Å². The summed E-state index contributed by atoms with van der Waals surface area (Å²) in [6.45, 7) is 5.93. The smallest absolute Gasteiger partial charge is 0.115 e. The molecular weight excluding hydrogens is 218 g/mol. The summed E-state index contributed by atoms with van der Waals surface area (Å²) >= 11 is 1.56. The van der Waals surface area contributed by atoms with E-state index in [0.717, 1.165) is 26.7 Å². The topological polar surface area (TPSA) is 33.1 Å². The zero-order valence-corrected chi connectivity index (χ0v) is 10.5. The molecule has 3 heteroatoms. The first-order chi connectivity index (χ1) is 7.58. The summed E-state index contributed by atoms with van der Waals surface area (Å²) in [6, 6.07) is 7.96. The minimum absolute atomic E-state index is 0.550. The van der Waals surface area contributed by atoms with E-state index in [1.165, 1.54) is 0 Å². The molecular formula is C13H15NOS. The molecule has 0 radical (unpaired) electrons. The molecule has 1 aromatic carbocycles. The molecule has 0 fully saturated rings. The zero-order chi connectivity index (χ0) is 11.7. The Morgan fingerprint density at radius 1 is 1.25 bits per heavy atom. The van der Waals surface area contributed by atoms with Gasteiger partial charge in [0.1, 0.15) is 6.10 Å². The number of nitrogens with zero attached hydrogens (tertiary/aromatic N) is 1. The minimum Gasteiger partial charge on any atom is -0.383 e. The number of aliphatic hydroxyl groups excluding tert-OH is 1. The van der Waals surface area contributed by atoms with Crippen molar-refractivity contribution in [2.24, 2.45) is 0 Å². The maximum Gasteiger partial charge on any atom is 0.115 e. The number of aryl methyl sites for hydroxylation is 3. The van der Waals surface area contributed by atoms with Crippen LogP contribution in [0.2, 0.25) is 0 Å². The van der Waals surface area contributed by atoms with Crippen LogP contribution in [0.5, 0.6) is 0 Å². The third kappa shape index (κ3) is 2.15. The molecule has 2 rings (SSSR count). The van der Waals surface area contributed by atoms with Gasteiger partial charge in [-0.3, -0.25) is 0 Å². The molecule has 0 bridgehead atoms. The Balaban J connectivity index is 2.38. The Morgan fingerprint density at radius 2 is 2.00 bits per heavy atom. The van der Waals surface area contributed by atoms with E-state index in [1.807, 2.05) is 45.0 Å². The van der Waals surface area contributed by atoms with Gasteiger partial charge >= 0.3 is 0 Å². The average molecular weight is 233 g/mol. The molecule has 0 saturated heterocycles. The third-order valence-electron chi connectivity index (χ3n) is 2.55.